The van der Waals surface area contributed by atoms with Gasteiger partial charge >= 0.3 is 0 Å². The van der Waals surface area contributed by atoms with Crippen LogP contribution in [-0.2, 0) is 0 Å². The summed E-state index contributed by atoms with van der Waals surface area (Å²) < 4.78 is 2.15. The molecule has 0 aromatic heterocycles. The van der Waals surface area contributed by atoms with Crippen molar-refractivity contribution in [3.8, 4) is 0 Å². The molecule has 0 unspecified atom stereocenters. The third kappa shape index (κ3) is 4.35. The van der Waals surface area contributed by atoms with Crippen LogP contribution in [0.1, 0.15) is 6.92 Å². The number of rotatable bonds is 1. The fourth-order valence-corrected chi connectivity index (χ4v) is 0. The third-order valence-electron chi connectivity index (χ3n) is 0.301. The van der Waals surface area contributed by atoms with E-state index in [2.05, 4.69) is 74.7 Å². The summed E-state index contributed by atoms with van der Waals surface area (Å²) in [4.78, 5) is 0. The highest BCUT2D eigenvalue weighted by molar-refractivity contribution is 14.2. The van der Waals surface area contributed by atoms with Crippen LogP contribution in [0.4, 0.5) is 0 Å². The maximum absolute atomic E-state index is 2.37. The summed E-state index contributed by atoms with van der Waals surface area (Å²) >= 11 is 7.08. The van der Waals surface area contributed by atoms with Gasteiger partial charge in [0.05, 0.1) is 5.86 Å². The second-order valence-corrected chi connectivity index (χ2v) is 7.46. The van der Waals surface area contributed by atoms with Crippen molar-refractivity contribution in [2.75, 3.05) is 0 Å². The van der Waals surface area contributed by atoms with Crippen LogP contribution in [0, 0.1) is 3.92 Å². The first-order chi connectivity index (χ1) is 2.64. The van der Waals surface area contributed by atoms with Gasteiger partial charge in [-0.05, 0) is 6.92 Å². The minimum absolute atomic E-state index is 0.695. The number of halogens is 3. The van der Waals surface area contributed by atoms with Crippen molar-refractivity contribution in [3.05, 3.63) is 3.92 Å². The Morgan fingerprint density at radius 1 is 1.50 bits per heavy atom. The highest BCUT2D eigenvalue weighted by Crippen LogP contribution is 2.27. The topological polar surface area (TPSA) is 0 Å². The molecule has 0 atom stereocenters. The van der Waals surface area contributed by atoms with Gasteiger partial charge in [-0.25, -0.2) is 0 Å². The van der Waals surface area contributed by atoms with Gasteiger partial charge in [-0.2, -0.15) is 0 Å². The van der Waals surface area contributed by atoms with Gasteiger partial charge in [0.25, 0.3) is 0 Å². The fraction of sp³-hybridized carbons (Fsp3) is 0.667. The van der Waals surface area contributed by atoms with Gasteiger partial charge in [0.15, 0.2) is 0 Å². The van der Waals surface area contributed by atoms with E-state index >= 15 is 0 Å². The molecule has 0 fully saturated rings. The molecule has 0 heterocycles. The van der Waals surface area contributed by atoms with Gasteiger partial charge in [0, 0.05) is 0 Å². The molecule has 0 aromatic rings. The van der Waals surface area contributed by atoms with Gasteiger partial charge in [0.1, 0.15) is 0 Å². The zero-order valence-corrected chi connectivity index (χ0v) is 9.68. The molecule has 0 aliphatic carbocycles. The van der Waals surface area contributed by atoms with Crippen LogP contribution in [0.25, 0.3) is 0 Å². The maximum Gasteiger partial charge on any atom is 0.0782 e. The number of alkyl halides is 2. The molecule has 0 aliphatic heterocycles. The predicted octanol–water partition coefficient (Wildman–Crippen LogP) is 3.17. The molecule has 0 bridgehead atoms. The molecule has 0 spiro atoms. The van der Waals surface area contributed by atoms with Gasteiger partial charge in [0.2, 0.25) is 0 Å². The Labute approximate surface area is 79.3 Å². The minimum atomic E-state index is 0.695. The molecule has 3 heteroatoms. The van der Waals surface area contributed by atoms with Crippen LogP contribution >= 0.6 is 67.8 Å². The molecule has 1 radical (unpaired) electrons. The van der Waals surface area contributed by atoms with Crippen molar-refractivity contribution in [2.24, 2.45) is 0 Å². The second-order valence-electron chi connectivity index (χ2n) is 0.887. The molecular formula is C3H4I3. The van der Waals surface area contributed by atoms with Crippen LogP contribution in [-0.4, -0.2) is 1.93 Å². The lowest BCUT2D eigenvalue weighted by atomic mass is 10.6. The molecule has 0 aromatic carbocycles. The molecule has 0 rings (SSSR count). The molecule has 0 amide bonds. The van der Waals surface area contributed by atoms with E-state index in [0.29, 0.717) is 1.93 Å². The summed E-state index contributed by atoms with van der Waals surface area (Å²) in [5, 5.41) is 0. The lowest BCUT2D eigenvalue weighted by Crippen LogP contribution is -1.86. The molecule has 6 heavy (non-hydrogen) atoms. The largest absolute Gasteiger partial charge is 0.0782 e. The average Bonchev–Trinajstić information content (AvgIpc) is 1.36. The van der Waals surface area contributed by atoms with Crippen LogP contribution in [0.5, 0.6) is 0 Å². The number of hydrogen-bond donors (Lipinski definition) is 0. The van der Waals surface area contributed by atoms with E-state index in [0.717, 1.165) is 0 Å². The Kier molecular flexibility index (Phi) is 5.61. The van der Waals surface area contributed by atoms with Crippen molar-refractivity contribution < 1.29 is 0 Å². The molecule has 0 aliphatic rings. The smallest absolute Gasteiger partial charge is 0.0757 e. The van der Waals surface area contributed by atoms with Crippen LogP contribution in [0.2, 0.25) is 0 Å². The van der Waals surface area contributed by atoms with Crippen molar-refractivity contribution in [2.45, 2.75) is 8.86 Å². The first-order valence-corrected chi connectivity index (χ1v) is 4.98. The van der Waals surface area contributed by atoms with E-state index in [1.165, 1.54) is 3.92 Å². The van der Waals surface area contributed by atoms with E-state index in [9.17, 15) is 0 Å². The lowest BCUT2D eigenvalue weighted by molar-refractivity contribution is 1.40. The van der Waals surface area contributed by atoms with Crippen molar-refractivity contribution in [1.82, 2.24) is 0 Å². The summed E-state index contributed by atoms with van der Waals surface area (Å²) in [6.45, 7) is 2.13. The van der Waals surface area contributed by atoms with Crippen LogP contribution in [0.15, 0.2) is 0 Å². The Morgan fingerprint density at radius 3 is 1.67 bits per heavy atom. The van der Waals surface area contributed by atoms with Crippen LogP contribution < -0.4 is 0 Å². The Bertz CT molecular complexity index is 27.0. The van der Waals surface area contributed by atoms with Crippen molar-refractivity contribution in [3.63, 3.8) is 0 Å². The van der Waals surface area contributed by atoms with E-state index < -0.39 is 0 Å². The predicted molar refractivity (Wildman–Crippen MR) is 54.8 cm³/mol. The zero-order chi connectivity index (χ0) is 5.15. The standard InChI is InChI=1S/C3H4I3/c1-2(4)3(5)6/h3H,1H3. The lowest BCUT2D eigenvalue weighted by Gasteiger charge is -1.98. The van der Waals surface area contributed by atoms with E-state index in [1.54, 1.807) is 0 Å². The van der Waals surface area contributed by atoms with E-state index in [1.807, 2.05) is 0 Å². The number of hydrogen-bond acceptors (Lipinski definition) is 0. The van der Waals surface area contributed by atoms with Crippen molar-refractivity contribution in [1.29, 1.82) is 0 Å². The fourth-order valence-electron chi connectivity index (χ4n) is 0. The maximum atomic E-state index is 2.37. The van der Waals surface area contributed by atoms with E-state index in [4.69, 9.17) is 0 Å². The zero-order valence-electron chi connectivity index (χ0n) is 3.21. The summed E-state index contributed by atoms with van der Waals surface area (Å²) in [6.07, 6.45) is 0. The molecule has 0 nitrogen and oxygen atoms in total. The SMILES string of the molecule is C[C](I)C(I)I. The third-order valence-corrected chi connectivity index (χ3v) is 5.18. The van der Waals surface area contributed by atoms with Crippen molar-refractivity contribution >= 4 is 67.8 Å². The normalized spacial score (nSPS) is 11.0. The first kappa shape index (κ1) is 8.19. The van der Waals surface area contributed by atoms with Gasteiger partial charge in [-0.3, -0.25) is 0 Å². The summed E-state index contributed by atoms with van der Waals surface area (Å²) in [5.41, 5.74) is 0. The van der Waals surface area contributed by atoms with Gasteiger partial charge in [-0.1, -0.05) is 67.8 Å². The second kappa shape index (κ2) is 4.11. The van der Waals surface area contributed by atoms with Gasteiger partial charge < -0.3 is 0 Å². The molecule has 0 saturated carbocycles. The Hall–Kier alpha value is 2.19. The minimum Gasteiger partial charge on any atom is -0.0757 e. The molecule has 0 saturated heterocycles. The average molecular weight is 421 g/mol. The molecule has 0 N–H and O–H groups in total. The summed E-state index contributed by atoms with van der Waals surface area (Å²) in [6, 6.07) is 0. The molecular weight excluding hydrogens is 417 g/mol. The monoisotopic (exact) mass is 421 g/mol. The molecule has 37 valence electrons. The van der Waals surface area contributed by atoms with Gasteiger partial charge in [-0.15, -0.1) is 0 Å². The summed E-state index contributed by atoms with van der Waals surface area (Å²) in [5.74, 6) is 0. The van der Waals surface area contributed by atoms with Crippen LogP contribution in [0.3, 0.4) is 0 Å². The quantitative estimate of drug-likeness (QED) is 0.451. The van der Waals surface area contributed by atoms with E-state index in [-0.39, 0.29) is 0 Å². The first-order valence-electron chi connectivity index (χ1n) is 1.41. The Morgan fingerprint density at radius 2 is 1.67 bits per heavy atom. The highest BCUT2D eigenvalue weighted by Gasteiger charge is 2.03. The Balaban J connectivity index is 2.99. The summed E-state index contributed by atoms with van der Waals surface area (Å²) in [7, 11) is 0. The highest BCUT2D eigenvalue weighted by atomic mass is 127.